The zero-order chi connectivity index (χ0) is 12.4. The molecule has 1 N–H and O–H groups in total. The van der Waals surface area contributed by atoms with Crippen LogP contribution in [0.15, 0.2) is 24.3 Å². The molecule has 1 fully saturated rings. The summed E-state index contributed by atoms with van der Waals surface area (Å²) in [5, 5.41) is 3.62. The molecule has 2 aliphatic heterocycles. The third-order valence-corrected chi connectivity index (χ3v) is 3.83. The number of hydrogen-bond acceptors (Lipinski definition) is 3. The molecule has 0 amide bonds. The zero-order valence-electron chi connectivity index (χ0n) is 10.9. The Kier molecular flexibility index (Phi) is 3.52. The van der Waals surface area contributed by atoms with E-state index in [1.165, 1.54) is 5.56 Å². The summed E-state index contributed by atoms with van der Waals surface area (Å²) in [5.74, 6) is 1.06. The number of fused-ring (bicyclic) bond motifs is 1. The highest BCUT2D eigenvalue weighted by Gasteiger charge is 2.24. The lowest BCUT2D eigenvalue weighted by atomic mass is 10.0. The molecule has 0 aromatic heterocycles. The van der Waals surface area contributed by atoms with Gasteiger partial charge in [0.1, 0.15) is 11.9 Å². The van der Waals surface area contributed by atoms with E-state index in [-0.39, 0.29) is 0 Å². The summed E-state index contributed by atoms with van der Waals surface area (Å²) in [5.41, 5.74) is 1.34. The second kappa shape index (κ2) is 5.29. The van der Waals surface area contributed by atoms with Crippen molar-refractivity contribution in [3.05, 3.63) is 29.8 Å². The summed E-state index contributed by atoms with van der Waals surface area (Å²) in [6.07, 6.45) is 3.93. The molecule has 3 nitrogen and oxygen atoms in total. The Bertz CT molecular complexity index is 382. The molecule has 3 rings (SSSR count). The van der Waals surface area contributed by atoms with Gasteiger partial charge in [0.15, 0.2) is 0 Å². The van der Waals surface area contributed by atoms with Crippen LogP contribution in [0, 0.1) is 0 Å². The van der Waals surface area contributed by atoms with E-state index in [0.717, 1.165) is 38.2 Å². The fourth-order valence-corrected chi connectivity index (χ4v) is 2.85. The fourth-order valence-electron chi connectivity index (χ4n) is 2.85. The van der Waals surface area contributed by atoms with Crippen molar-refractivity contribution in [2.24, 2.45) is 0 Å². The summed E-state index contributed by atoms with van der Waals surface area (Å²) in [4.78, 5) is 0. The molecule has 1 saturated heterocycles. The Morgan fingerprint density at radius 3 is 3.06 bits per heavy atom. The van der Waals surface area contributed by atoms with Crippen LogP contribution in [0.25, 0.3) is 0 Å². The standard InChI is InChI=1S/C15H21NO2/c1-11-8-13(6-7-17-11)16-10-14-9-12-4-2-3-5-15(12)18-14/h2-5,11,13-14,16H,6-10H2,1H3. The molecule has 3 atom stereocenters. The lowest BCUT2D eigenvalue weighted by Gasteiger charge is -2.28. The highest BCUT2D eigenvalue weighted by Crippen LogP contribution is 2.27. The molecule has 0 bridgehead atoms. The van der Waals surface area contributed by atoms with E-state index in [9.17, 15) is 0 Å². The average molecular weight is 247 g/mol. The normalized spacial score (nSPS) is 30.8. The van der Waals surface area contributed by atoms with Crippen molar-refractivity contribution in [3.63, 3.8) is 0 Å². The van der Waals surface area contributed by atoms with Gasteiger partial charge in [-0.2, -0.15) is 0 Å². The van der Waals surface area contributed by atoms with Crippen LogP contribution in [0.5, 0.6) is 5.75 Å². The molecule has 18 heavy (non-hydrogen) atoms. The SMILES string of the molecule is CC1CC(NCC2Cc3ccccc3O2)CCO1. The van der Waals surface area contributed by atoms with Gasteiger partial charge in [-0.3, -0.25) is 0 Å². The summed E-state index contributed by atoms with van der Waals surface area (Å²) in [6.45, 7) is 3.96. The smallest absolute Gasteiger partial charge is 0.123 e. The third kappa shape index (κ3) is 2.68. The largest absolute Gasteiger partial charge is 0.488 e. The van der Waals surface area contributed by atoms with Gasteiger partial charge in [-0.1, -0.05) is 18.2 Å². The summed E-state index contributed by atoms with van der Waals surface area (Å²) in [6, 6.07) is 8.92. The first-order valence-electron chi connectivity index (χ1n) is 6.91. The van der Waals surface area contributed by atoms with Gasteiger partial charge in [0.25, 0.3) is 0 Å². The number of ether oxygens (including phenoxy) is 2. The van der Waals surface area contributed by atoms with Crippen molar-refractivity contribution < 1.29 is 9.47 Å². The maximum atomic E-state index is 5.93. The van der Waals surface area contributed by atoms with Crippen LogP contribution >= 0.6 is 0 Å². The van der Waals surface area contributed by atoms with Crippen molar-refractivity contribution in [1.82, 2.24) is 5.32 Å². The number of benzene rings is 1. The molecule has 0 spiro atoms. The van der Waals surface area contributed by atoms with Gasteiger partial charge in [0.05, 0.1) is 6.10 Å². The van der Waals surface area contributed by atoms with Gasteiger partial charge in [0, 0.05) is 25.6 Å². The molecule has 0 radical (unpaired) electrons. The minimum Gasteiger partial charge on any atom is -0.488 e. The van der Waals surface area contributed by atoms with Crippen LogP contribution in [0.4, 0.5) is 0 Å². The first-order chi connectivity index (χ1) is 8.81. The monoisotopic (exact) mass is 247 g/mol. The topological polar surface area (TPSA) is 30.5 Å². The Labute approximate surface area is 108 Å². The van der Waals surface area contributed by atoms with Crippen molar-refractivity contribution in [1.29, 1.82) is 0 Å². The Hall–Kier alpha value is -1.06. The molecule has 98 valence electrons. The minimum absolute atomic E-state index is 0.292. The van der Waals surface area contributed by atoms with E-state index >= 15 is 0 Å². The van der Waals surface area contributed by atoms with Gasteiger partial charge in [-0.05, 0) is 31.4 Å². The van der Waals surface area contributed by atoms with Gasteiger partial charge >= 0.3 is 0 Å². The summed E-state index contributed by atoms with van der Waals surface area (Å²) in [7, 11) is 0. The Balaban J connectivity index is 1.48. The molecule has 3 heteroatoms. The zero-order valence-corrected chi connectivity index (χ0v) is 10.9. The van der Waals surface area contributed by atoms with Crippen LogP contribution in [0.1, 0.15) is 25.3 Å². The number of rotatable bonds is 3. The third-order valence-electron chi connectivity index (χ3n) is 3.83. The van der Waals surface area contributed by atoms with E-state index in [2.05, 4.69) is 30.4 Å². The summed E-state index contributed by atoms with van der Waals surface area (Å²) >= 11 is 0. The van der Waals surface area contributed by atoms with Crippen molar-refractivity contribution >= 4 is 0 Å². The number of hydrogen-bond donors (Lipinski definition) is 1. The first-order valence-corrected chi connectivity index (χ1v) is 6.91. The van der Waals surface area contributed by atoms with E-state index in [1.807, 2.05) is 6.07 Å². The van der Waals surface area contributed by atoms with Crippen molar-refractivity contribution in [3.8, 4) is 5.75 Å². The van der Waals surface area contributed by atoms with Crippen LogP contribution in [0.2, 0.25) is 0 Å². The minimum atomic E-state index is 0.292. The summed E-state index contributed by atoms with van der Waals surface area (Å²) < 4.78 is 11.5. The van der Waals surface area contributed by atoms with Crippen molar-refractivity contribution in [2.45, 2.75) is 44.4 Å². The van der Waals surface area contributed by atoms with E-state index in [1.54, 1.807) is 0 Å². The maximum absolute atomic E-state index is 5.93. The lowest BCUT2D eigenvalue weighted by molar-refractivity contribution is 0.0119. The van der Waals surface area contributed by atoms with Crippen molar-refractivity contribution in [2.75, 3.05) is 13.2 Å². The van der Waals surface area contributed by atoms with Crippen LogP contribution in [0.3, 0.4) is 0 Å². The fraction of sp³-hybridized carbons (Fsp3) is 0.600. The van der Waals surface area contributed by atoms with E-state index < -0.39 is 0 Å². The first kappa shape index (κ1) is 12.0. The molecule has 3 unspecified atom stereocenters. The maximum Gasteiger partial charge on any atom is 0.123 e. The number of para-hydroxylation sites is 1. The quantitative estimate of drug-likeness (QED) is 0.887. The van der Waals surface area contributed by atoms with Gasteiger partial charge in [0.2, 0.25) is 0 Å². The van der Waals surface area contributed by atoms with E-state index in [4.69, 9.17) is 9.47 Å². The molecule has 0 saturated carbocycles. The predicted molar refractivity (Wildman–Crippen MR) is 71.0 cm³/mol. The van der Waals surface area contributed by atoms with Crippen LogP contribution in [-0.2, 0) is 11.2 Å². The van der Waals surface area contributed by atoms with Crippen LogP contribution < -0.4 is 10.1 Å². The molecule has 1 aromatic carbocycles. The molecular formula is C15H21NO2. The molecule has 0 aliphatic carbocycles. The van der Waals surface area contributed by atoms with E-state index in [0.29, 0.717) is 18.2 Å². The predicted octanol–water partition coefficient (Wildman–Crippen LogP) is 2.15. The Morgan fingerprint density at radius 1 is 1.33 bits per heavy atom. The average Bonchev–Trinajstić information content (AvgIpc) is 2.79. The van der Waals surface area contributed by atoms with Gasteiger partial charge < -0.3 is 14.8 Å². The molecule has 2 aliphatic rings. The molecule has 2 heterocycles. The highest BCUT2D eigenvalue weighted by molar-refractivity contribution is 5.37. The second-order valence-corrected chi connectivity index (χ2v) is 5.36. The molecule has 1 aromatic rings. The second-order valence-electron chi connectivity index (χ2n) is 5.36. The Morgan fingerprint density at radius 2 is 2.22 bits per heavy atom. The molecular weight excluding hydrogens is 226 g/mol. The highest BCUT2D eigenvalue weighted by atomic mass is 16.5. The lowest BCUT2D eigenvalue weighted by Crippen LogP contribution is -2.42. The van der Waals surface area contributed by atoms with Gasteiger partial charge in [-0.15, -0.1) is 0 Å². The number of nitrogens with one attached hydrogen (secondary N) is 1. The van der Waals surface area contributed by atoms with Gasteiger partial charge in [-0.25, -0.2) is 0 Å². The van der Waals surface area contributed by atoms with Crippen LogP contribution in [-0.4, -0.2) is 31.4 Å².